The van der Waals surface area contributed by atoms with Gasteiger partial charge < -0.3 is 5.11 Å². The highest BCUT2D eigenvalue weighted by Crippen LogP contribution is 2.38. The third-order valence-electron chi connectivity index (χ3n) is 3.57. The number of aliphatic hydroxyl groups is 1. The fourth-order valence-corrected chi connectivity index (χ4v) is 2.42. The minimum Gasteiger partial charge on any atom is -0.385 e. The second kappa shape index (κ2) is 4.17. The van der Waals surface area contributed by atoms with E-state index in [-0.39, 0.29) is 5.82 Å². The molecule has 0 saturated heterocycles. The van der Waals surface area contributed by atoms with Crippen LogP contribution >= 0.6 is 0 Å². The Morgan fingerprint density at radius 2 is 2.06 bits per heavy atom. The van der Waals surface area contributed by atoms with Crippen molar-refractivity contribution in [3.63, 3.8) is 0 Å². The number of halogens is 1. The number of hydrogen-bond donors (Lipinski definition) is 1. The predicted molar refractivity (Wildman–Crippen MR) is 62.7 cm³/mol. The van der Waals surface area contributed by atoms with Crippen LogP contribution in [-0.4, -0.2) is 5.11 Å². The molecule has 2 rings (SSSR count). The number of hydrogen-bond acceptors (Lipinski definition) is 1. The quantitative estimate of drug-likeness (QED) is 0.829. The van der Waals surface area contributed by atoms with E-state index in [1.54, 1.807) is 6.92 Å². The Morgan fingerprint density at radius 3 is 2.56 bits per heavy atom. The molecule has 1 aliphatic carbocycles. The summed E-state index contributed by atoms with van der Waals surface area (Å²) < 4.78 is 13.3. The summed E-state index contributed by atoms with van der Waals surface area (Å²) in [4.78, 5) is 0. The van der Waals surface area contributed by atoms with Crippen LogP contribution in [0.15, 0.2) is 18.2 Å². The second-order valence-corrected chi connectivity index (χ2v) is 5.29. The van der Waals surface area contributed by atoms with Gasteiger partial charge in [-0.3, -0.25) is 0 Å². The minimum atomic E-state index is -0.891. The Bertz CT molecular complexity index is 360. The van der Waals surface area contributed by atoms with Crippen molar-refractivity contribution in [3.05, 3.63) is 35.1 Å². The molecule has 1 saturated carbocycles. The molecule has 1 aliphatic rings. The fraction of sp³-hybridized carbons (Fsp3) is 0.571. The standard InChI is InChI=1S/C14H19FO/c1-10-6-12(8-13(15)7-10)14(2,16)9-11-4-3-5-11/h6-8,11,16H,3-5,9H2,1-2H3. The van der Waals surface area contributed by atoms with Crippen molar-refractivity contribution in [2.75, 3.05) is 0 Å². The van der Waals surface area contributed by atoms with Gasteiger partial charge in [-0.2, -0.15) is 0 Å². The van der Waals surface area contributed by atoms with E-state index in [0.29, 0.717) is 11.5 Å². The van der Waals surface area contributed by atoms with E-state index in [9.17, 15) is 9.50 Å². The largest absolute Gasteiger partial charge is 0.385 e. The maximum atomic E-state index is 13.3. The van der Waals surface area contributed by atoms with E-state index in [2.05, 4.69) is 0 Å². The van der Waals surface area contributed by atoms with Crippen molar-refractivity contribution in [1.82, 2.24) is 0 Å². The van der Waals surface area contributed by atoms with Crippen LogP contribution in [0, 0.1) is 18.7 Å². The molecule has 1 N–H and O–H groups in total. The molecule has 0 aromatic heterocycles. The summed E-state index contributed by atoms with van der Waals surface area (Å²) in [5, 5.41) is 10.4. The van der Waals surface area contributed by atoms with E-state index >= 15 is 0 Å². The lowest BCUT2D eigenvalue weighted by Gasteiger charge is -2.33. The Morgan fingerprint density at radius 1 is 1.38 bits per heavy atom. The highest BCUT2D eigenvalue weighted by Gasteiger charge is 2.30. The molecule has 2 heteroatoms. The SMILES string of the molecule is Cc1cc(F)cc(C(C)(O)CC2CCC2)c1. The Labute approximate surface area is 96.3 Å². The van der Waals surface area contributed by atoms with Gasteiger partial charge in [-0.05, 0) is 49.4 Å². The molecule has 1 aromatic carbocycles. The topological polar surface area (TPSA) is 20.2 Å². The first-order valence-electron chi connectivity index (χ1n) is 5.97. The first-order chi connectivity index (χ1) is 7.47. The summed E-state index contributed by atoms with van der Waals surface area (Å²) in [5.41, 5.74) is 0.679. The average Bonchev–Trinajstić information content (AvgIpc) is 2.10. The van der Waals surface area contributed by atoms with Crippen molar-refractivity contribution in [3.8, 4) is 0 Å². The monoisotopic (exact) mass is 222 g/mol. The summed E-state index contributed by atoms with van der Waals surface area (Å²) in [6, 6.07) is 4.82. The van der Waals surface area contributed by atoms with Crippen molar-refractivity contribution in [1.29, 1.82) is 0 Å². The van der Waals surface area contributed by atoms with Crippen LogP contribution in [0.3, 0.4) is 0 Å². The maximum Gasteiger partial charge on any atom is 0.123 e. The third-order valence-corrected chi connectivity index (χ3v) is 3.57. The maximum absolute atomic E-state index is 13.3. The van der Waals surface area contributed by atoms with Crippen LogP contribution in [0.1, 0.15) is 43.7 Å². The van der Waals surface area contributed by atoms with Crippen LogP contribution < -0.4 is 0 Å². The van der Waals surface area contributed by atoms with E-state index in [1.165, 1.54) is 31.4 Å². The van der Waals surface area contributed by atoms with Gasteiger partial charge in [0.15, 0.2) is 0 Å². The smallest absolute Gasteiger partial charge is 0.123 e. The molecule has 1 atom stereocenters. The van der Waals surface area contributed by atoms with Gasteiger partial charge >= 0.3 is 0 Å². The second-order valence-electron chi connectivity index (χ2n) is 5.29. The third kappa shape index (κ3) is 2.43. The molecule has 0 amide bonds. The zero-order valence-corrected chi connectivity index (χ0v) is 9.96. The molecule has 1 unspecified atom stereocenters. The van der Waals surface area contributed by atoms with Crippen molar-refractivity contribution >= 4 is 0 Å². The van der Waals surface area contributed by atoms with E-state index in [4.69, 9.17) is 0 Å². The van der Waals surface area contributed by atoms with Crippen LogP contribution in [-0.2, 0) is 5.60 Å². The van der Waals surface area contributed by atoms with Crippen LogP contribution in [0.25, 0.3) is 0 Å². The van der Waals surface area contributed by atoms with Crippen molar-refractivity contribution in [2.24, 2.45) is 5.92 Å². The molecule has 1 nitrogen and oxygen atoms in total. The molecule has 0 heterocycles. The highest BCUT2D eigenvalue weighted by atomic mass is 19.1. The van der Waals surface area contributed by atoms with Gasteiger partial charge in [-0.1, -0.05) is 25.3 Å². The summed E-state index contributed by atoms with van der Waals surface area (Å²) in [5.74, 6) is 0.349. The average molecular weight is 222 g/mol. The normalized spacial score (nSPS) is 20.2. The molecule has 1 aromatic rings. The van der Waals surface area contributed by atoms with E-state index in [1.807, 2.05) is 13.0 Å². The van der Waals surface area contributed by atoms with Gasteiger partial charge in [0.05, 0.1) is 5.60 Å². The molecule has 0 spiro atoms. The van der Waals surface area contributed by atoms with Gasteiger partial charge in [0.1, 0.15) is 5.82 Å². The summed E-state index contributed by atoms with van der Waals surface area (Å²) in [7, 11) is 0. The predicted octanol–water partition coefficient (Wildman–Crippen LogP) is 3.53. The molecule has 0 bridgehead atoms. The van der Waals surface area contributed by atoms with Crippen LogP contribution in [0.2, 0.25) is 0 Å². The summed E-state index contributed by atoms with van der Waals surface area (Å²) in [6.45, 7) is 3.64. The Kier molecular flexibility index (Phi) is 3.02. The lowest BCUT2D eigenvalue weighted by Crippen LogP contribution is -2.28. The zero-order valence-electron chi connectivity index (χ0n) is 9.96. The van der Waals surface area contributed by atoms with Crippen LogP contribution in [0.4, 0.5) is 4.39 Å². The van der Waals surface area contributed by atoms with Gasteiger partial charge in [0.2, 0.25) is 0 Å². The van der Waals surface area contributed by atoms with Gasteiger partial charge in [-0.25, -0.2) is 4.39 Å². The molecule has 16 heavy (non-hydrogen) atoms. The molecular weight excluding hydrogens is 203 g/mol. The highest BCUT2D eigenvalue weighted by molar-refractivity contribution is 5.28. The molecular formula is C14H19FO. The zero-order chi connectivity index (χ0) is 11.8. The first kappa shape index (κ1) is 11.6. The lowest BCUT2D eigenvalue weighted by atomic mass is 9.75. The Hall–Kier alpha value is -0.890. The van der Waals surface area contributed by atoms with Gasteiger partial charge in [-0.15, -0.1) is 0 Å². The van der Waals surface area contributed by atoms with Crippen molar-refractivity contribution < 1.29 is 9.50 Å². The van der Waals surface area contributed by atoms with E-state index < -0.39 is 5.60 Å². The summed E-state index contributed by atoms with van der Waals surface area (Å²) >= 11 is 0. The lowest BCUT2D eigenvalue weighted by molar-refractivity contribution is 0.0158. The van der Waals surface area contributed by atoms with Crippen molar-refractivity contribution in [2.45, 2.75) is 45.1 Å². The first-order valence-corrected chi connectivity index (χ1v) is 5.97. The van der Waals surface area contributed by atoms with Crippen LogP contribution in [0.5, 0.6) is 0 Å². The van der Waals surface area contributed by atoms with E-state index in [0.717, 1.165) is 12.0 Å². The fourth-order valence-electron chi connectivity index (χ4n) is 2.42. The molecule has 1 fully saturated rings. The van der Waals surface area contributed by atoms with Gasteiger partial charge in [0.25, 0.3) is 0 Å². The Balaban J connectivity index is 2.19. The molecule has 88 valence electrons. The number of rotatable bonds is 3. The summed E-state index contributed by atoms with van der Waals surface area (Å²) in [6.07, 6.45) is 4.41. The minimum absolute atomic E-state index is 0.260. The molecule has 0 aliphatic heterocycles. The van der Waals surface area contributed by atoms with Gasteiger partial charge in [0, 0.05) is 0 Å². The number of aryl methyl sites for hydroxylation is 1. The number of benzene rings is 1. The molecule has 0 radical (unpaired) electrons.